The second-order valence-corrected chi connectivity index (χ2v) is 7.41. The predicted molar refractivity (Wildman–Crippen MR) is 104 cm³/mol. The van der Waals surface area contributed by atoms with Crippen LogP contribution >= 0.6 is 0 Å². The van der Waals surface area contributed by atoms with Gasteiger partial charge in [0.2, 0.25) is 0 Å². The molecule has 1 aliphatic heterocycles. The molecular formula is C23H20FNO. The van der Waals surface area contributed by atoms with E-state index in [1.165, 1.54) is 11.6 Å². The van der Waals surface area contributed by atoms with Gasteiger partial charge < -0.3 is 5.32 Å². The summed E-state index contributed by atoms with van der Waals surface area (Å²) in [5.41, 5.74) is 3.46. The summed E-state index contributed by atoms with van der Waals surface area (Å²) < 4.78 is 14.0. The molecule has 0 amide bonds. The summed E-state index contributed by atoms with van der Waals surface area (Å²) in [5, 5.41) is 4.58. The molecule has 3 aromatic carbocycles. The number of carbonyl (C=O) groups excluding carboxylic acids is 1. The van der Waals surface area contributed by atoms with Gasteiger partial charge in [-0.15, -0.1) is 0 Å². The largest absolute Gasteiger partial charge is 0.379 e. The van der Waals surface area contributed by atoms with Crippen LogP contribution in [0.15, 0.2) is 66.7 Å². The van der Waals surface area contributed by atoms with Crippen molar-refractivity contribution >= 4 is 22.3 Å². The summed E-state index contributed by atoms with van der Waals surface area (Å²) in [7, 11) is 0. The van der Waals surface area contributed by atoms with Gasteiger partial charge in [-0.2, -0.15) is 0 Å². The van der Waals surface area contributed by atoms with Crippen molar-refractivity contribution in [2.75, 3.05) is 0 Å². The third-order valence-corrected chi connectivity index (χ3v) is 4.82. The second-order valence-electron chi connectivity index (χ2n) is 7.41. The van der Waals surface area contributed by atoms with E-state index >= 15 is 0 Å². The Morgan fingerprint density at radius 3 is 2.50 bits per heavy atom. The van der Waals surface area contributed by atoms with Crippen LogP contribution in [0.1, 0.15) is 35.3 Å². The minimum Gasteiger partial charge on any atom is -0.379 e. The topological polar surface area (TPSA) is 29.1 Å². The fraction of sp³-hybridized carbons (Fsp3) is 0.174. The van der Waals surface area contributed by atoms with Crippen LogP contribution in [0.25, 0.3) is 16.5 Å². The number of benzene rings is 3. The van der Waals surface area contributed by atoms with Gasteiger partial charge in [-0.1, -0.05) is 48.5 Å². The summed E-state index contributed by atoms with van der Waals surface area (Å²) in [5.74, 6) is -0.441. The van der Waals surface area contributed by atoms with Crippen LogP contribution in [0, 0.1) is 5.82 Å². The summed E-state index contributed by atoms with van der Waals surface area (Å²) >= 11 is 0. The Morgan fingerprint density at radius 1 is 1.00 bits per heavy atom. The molecule has 1 N–H and O–H groups in total. The fourth-order valence-electron chi connectivity index (χ4n) is 3.69. The molecule has 0 aliphatic carbocycles. The molecule has 0 fully saturated rings. The van der Waals surface area contributed by atoms with Gasteiger partial charge in [-0.3, -0.25) is 4.79 Å². The van der Waals surface area contributed by atoms with Crippen LogP contribution in [0.2, 0.25) is 0 Å². The first kappa shape index (κ1) is 16.5. The lowest BCUT2D eigenvalue weighted by Crippen LogP contribution is -2.43. The van der Waals surface area contributed by atoms with E-state index in [4.69, 9.17) is 0 Å². The van der Waals surface area contributed by atoms with Crippen molar-refractivity contribution in [2.45, 2.75) is 25.8 Å². The maximum atomic E-state index is 14.0. The molecule has 4 rings (SSSR count). The van der Waals surface area contributed by atoms with Crippen LogP contribution in [-0.4, -0.2) is 11.3 Å². The van der Waals surface area contributed by atoms with Gasteiger partial charge in [-0.25, -0.2) is 4.39 Å². The molecule has 2 nitrogen and oxygen atoms in total. The molecular weight excluding hydrogens is 325 g/mol. The van der Waals surface area contributed by atoms with Crippen LogP contribution < -0.4 is 5.32 Å². The third kappa shape index (κ3) is 2.90. The third-order valence-electron chi connectivity index (χ3n) is 4.82. The van der Waals surface area contributed by atoms with Crippen molar-refractivity contribution in [3.8, 4) is 0 Å². The van der Waals surface area contributed by atoms with Crippen molar-refractivity contribution in [3.63, 3.8) is 0 Å². The molecule has 3 heteroatoms. The molecule has 130 valence electrons. The summed E-state index contributed by atoms with van der Waals surface area (Å²) in [6, 6.07) is 18.1. The Bertz CT molecular complexity index is 1050. The van der Waals surface area contributed by atoms with Gasteiger partial charge in [0.1, 0.15) is 5.82 Å². The Kier molecular flexibility index (Phi) is 3.87. The SMILES string of the molecule is CC1(C)Cc2ccccc2/C(=C/C(=O)c2ccc(F)c3ccccc23)N1. The number of allylic oxidation sites excluding steroid dienone is 1. The van der Waals surface area contributed by atoms with Gasteiger partial charge in [0.25, 0.3) is 0 Å². The zero-order valence-corrected chi connectivity index (χ0v) is 14.8. The van der Waals surface area contributed by atoms with E-state index in [0.717, 1.165) is 17.7 Å². The highest BCUT2D eigenvalue weighted by molar-refractivity contribution is 6.15. The predicted octanol–water partition coefficient (Wildman–Crippen LogP) is 5.13. The Labute approximate surface area is 152 Å². The minimum atomic E-state index is -0.313. The lowest BCUT2D eigenvalue weighted by atomic mass is 9.85. The van der Waals surface area contributed by atoms with Crippen molar-refractivity contribution in [3.05, 3.63) is 89.2 Å². The molecule has 1 heterocycles. The van der Waals surface area contributed by atoms with Crippen molar-refractivity contribution in [2.24, 2.45) is 0 Å². The van der Waals surface area contributed by atoms with Gasteiger partial charge in [-0.05, 0) is 43.4 Å². The Balaban J connectivity index is 1.82. The molecule has 0 aromatic heterocycles. The van der Waals surface area contributed by atoms with E-state index in [1.807, 2.05) is 24.3 Å². The van der Waals surface area contributed by atoms with Crippen LogP contribution in [0.5, 0.6) is 0 Å². The highest BCUT2D eigenvalue weighted by Crippen LogP contribution is 2.30. The van der Waals surface area contributed by atoms with Crippen molar-refractivity contribution in [1.82, 2.24) is 5.32 Å². The van der Waals surface area contributed by atoms with E-state index in [-0.39, 0.29) is 17.1 Å². The number of fused-ring (bicyclic) bond motifs is 2. The quantitative estimate of drug-likeness (QED) is 0.515. The van der Waals surface area contributed by atoms with E-state index < -0.39 is 0 Å². The van der Waals surface area contributed by atoms with Crippen LogP contribution in [0.4, 0.5) is 4.39 Å². The number of hydrogen-bond donors (Lipinski definition) is 1. The molecule has 26 heavy (non-hydrogen) atoms. The lowest BCUT2D eigenvalue weighted by molar-refractivity contribution is 0.104. The van der Waals surface area contributed by atoms with E-state index in [2.05, 4.69) is 25.2 Å². The zero-order chi connectivity index (χ0) is 18.3. The van der Waals surface area contributed by atoms with Crippen LogP contribution in [-0.2, 0) is 6.42 Å². The number of nitrogens with one attached hydrogen (secondary N) is 1. The molecule has 0 saturated heterocycles. The normalized spacial score (nSPS) is 17.0. The van der Waals surface area contributed by atoms with E-state index in [0.29, 0.717) is 16.3 Å². The second kappa shape index (κ2) is 6.10. The number of halogens is 1. The van der Waals surface area contributed by atoms with Gasteiger partial charge >= 0.3 is 0 Å². The van der Waals surface area contributed by atoms with Gasteiger partial charge in [0, 0.05) is 33.8 Å². The van der Waals surface area contributed by atoms with Crippen molar-refractivity contribution in [1.29, 1.82) is 0 Å². The maximum absolute atomic E-state index is 14.0. The van der Waals surface area contributed by atoms with Crippen molar-refractivity contribution < 1.29 is 9.18 Å². The summed E-state index contributed by atoms with van der Waals surface area (Å²) in [4.78, 5) is 13.0. The highest BCUT2D eigenvalue weighted by atomic mass is 19.1. The number of ketones is 1. The number of rotatable bonds is 2. The molecule has 0 saturated carbocycles. The van der Waals surface area contributed by atoms with Gasteiger partial charge in [0.15, 0.2) is 5.78 Å². The average molecular weight is 345 g/mol. The fourth-order valence-corrected chi connectivity index (χ4v) is 3.69. The lowest BCUT2D eigenvalue weighted by Gasteiger charge is -2.35. The monoisotopic (exact) mass is 345 g/mol. The number of hydrogen-bond acceptors (Lipinski definition) is 2. The standard InChI is InChI=1S/C23H20FNO/c1-23(2)14-15-7-3-4-8-16(15)21(25-23)13-22(26)19-11-12-20(24)18-10-6-5-9-17(18)19/h3-13,25H,14H2,1-2H3/b21-13-. The van der Waals surface area contributed by atoms with Crippen LogP contribution in [0.3, 0.4) is 0 Å². The minimum absolute atomic E-state index is 0.129. The van der Waals surface area contributed by atoms with Gasteiger partial charge in [0.05, 0.1) is 0 Å². The first-order valence-electron chi connectivity index (χ1n) is 8.74. The molecule has 0 radical (unpaired) electrons. The molecule has 3 aromatic rings. The number of carbonyl (C=O) groups is 1. The summed E-state index contributed by atoms with van der Waals surface area (Å²) in [6.07, 6.45) is 2.54. The van der Waals surface area contributed by atoms with E-state index in [9.17, 15) is 9.18 Å². The summed E-state index contributed by atoms with van der Waals surface area (Å²) in [6.45, 7) is 4.24. The maximum Gasteiger partial charge on any atom is 0.188 e. The average Bonchev–Trinajstić information content (AvgIpc) is 2.61. The Hall–Kier alpha value is -2.94. The molecule has 0 spiro atoms. The first-order valence-corrected chi connectivity index (χ1v) is 8.74. The molecule has 0 atom stereocenters. The Morgan fingerprint density at radius 2 is 1.69 bits per heavy atom. The highest BCUT2D eigenvalue weighted by Gasteiger charge is 2.27. The van der Waals surface area contributed by atoms with E-state index in [1.54, 1.807) is 30.3 Å². The first-order chi connectivity index (χ1) is 12.4. The molecule has 0 bridgehead atoms. The molecule has 0 unspecified atom stereocenters. The zero-order valence-electron chi connectivity index (χ0n) is 14.8. The smallest absolute Gasteiger partial charge is 0.188 e. The molecule has 1 aliphatic rings.